The van der Waals surface area contributed by atoms with Crippen molar-refractivity contribution in [2.75, 3.05) is 0 Å². The molecule has 0 atom stereocenters. The SMILES string of the molecule is CCc1c(OCc2ccccc2)cc(Br)cc1OC(=O)CCc1ccccc1. The van der Waals surface area contributed by atoms with E-state index in [1.54, 1.807) is 0 Å². The van der Waals surface area contributed by atoms with Crippen LogP contribution in [0.1, 0.15) is 30.0 Å². The zero-order valence-corrected chi connectivity index (χ0v) is 17.4. The highest BCUT2D eigenvalue weighted by molar-refractivity contribution is 9.10. The van der Waals surface area contributed by atoms with Crippen LogP contribution in [0.3, 0.4) is 0 Å². The van der Waals surface area contributed by atoms with E-state index >= 15 is 0 Å². The number of hydrogen-bond donors (Lipinski definition) is 0. The molecule has 144 valence electrons. The Morgan fingerprint density at radius 2 is 1.50 bits per heavy atom. The summed E-state index contributed by atoms with van der Waals surface area (Å²) in [7, 11) is 0. The van der Waals surface area contributed by atoms with Crippen molar-refractivity contribution in [3.8, 4) is 11.5 Å². The van der Waals surface area contributed by atoms with Crippen molar-refractivity contribution in [1.82, 2.24) is 0 Å². The standard InChI is InChI=1S/C24H23BrO3/c1-2-21-22(27-17-19-11-7-4-8-12-19)15-20(25)16-23(21)28-24(26)14-13-18-9-5-3-6-10-18/h3-12,15-16H,2,13-14,17H2,1H3. The lowest BCUT2D eigenvalue weighted by Crippen LogP contribution is -2.11. The van der Waals surface area contributed by atoms with Gasteiger partial charge in [-0.15, -0.1) is 0 Å². The monoisotopic (exact) mass is 438 g/mol. The van der Waals surface area contributed by atoms with E-state index in [0.717, 1.165) is 26.9 Å². The maximum atomic E-state index is 12.4. The van der Waals surface area contributed by atoms with E-state index in [1.165, 1.54) is 0 Å². The first kappa shape index (κ1) is 20.2. The Morgan fingerprint density at radius 3 is 2.14 bits per heavy atom. The fourth-order valence-corrected chi connectivity index (χ4v) is 3.37. The Morgan fingerprint density at radius 1 is 0.893 bits per heavy atom. The van der Waals surface area contributed by atoms with Gasteiger partial charge >= 0.3 is 5.97 Å². The number of hydrogen-bond acceptors (Lipinski definition) is 3. The molecule has 0 fully saturated rings. The van der Waals surface area contributed by atoms with E-state index in [4.69, 9.17) is 9.47 Å². The molecule has 0 unspecified atom stereocenters. The molecule has 0 aliphatic rings. The van der Waals surface area contributed by atoms with E-state index in [0.29, 0.717) is 31.6 Å². The highest BCUT2D eigenvalue weighted by atomic mass is 79.9. The molecular weight excluding hydrogens is 416 g/mol. The smallest absolute Gasteiger partial charge is 0.311 e. The number of carbonyl (C=O) groups is 1. The first-order chi connectivity index (χ1) is 13.7. The number of carbonyl (C=O) groups excluding carboxylic acids is 1. The van der Waals surface area contributed by atoms with Crippen LogP contribution in [0.15, 0.2) is 77.3 Å². The summed E-state index contributed by atoms with van der Waals surface area (Å²) in [6.07, 6.45) is 1.70. The number of aryl methyl sites for hydroxylation is 1. The molecule has 3 aromatic rings. The third-order valence-electron chi connectivity index (χ3n) is 4.41. The van der Waals surface area contributed by atoms with Crippen LogP contribution in [-0.4, -0.2) is 5.97 Å². The Hall–Kier alpha value is -2.59. The molecule has 0 N–H and O–H groups in total. The van der Waals surface area contributed by atoms with E-state index in [-0.39, 0.29) is 5.97 Å². The molecule has 0 radical (unpaired) electrons. The second kappa shape index (κ2) is 10.1. The zero-order chi connectivity index (χ0) is 19.8. The molecule has 4 heteroatoms. The summed E-state index contributed by atoms with van der Waals surface area (Å²) in [6.45, 7) is 2.49. The maximum Gasteiger partial charge on any atom is 0.311 e. The lowest BCUT2D eigenvalue weighted by atomic mass is 10.1. The van der Waals surface area contributed by atoms with Gasteiger partial charge in [0.15, 0.2) is 0 Å². The van der Waals surface area contributed by atoms with E-state index < -0.39 is 0 Å². The van der Waals surface area contributed by atoms with Gasteiger partial charge in [0.2, 0.25) is 0 Å². The quantitative estimate of drug-likeness (QED) is 0.313. The second-order valence-corrected chi connectivity index (χ2v) is 7.38. The lowest BCUT2D eigenvalue weighted by molar-refractivity contribution is -0.134. The number of ether oxygens (including phenoxy) is 2. The van der Waals surface area contributed by atoms with Crippen molar-refractivity contribution < 1.29 is 14.3 Å². The Bertz CT molecular complexity index is 908. The molecule has 3 nitrogen and oxygen atoms in total. The molecule has 0 heterocycles. The number of esters is 1. The summed E-state index contributed by atoms with van der Waals surface area (Å²) in [4.78, 5) is 12.4. The predicted octanol–water partition coefficient (Wildman–Crippen LogP) is 6.13. The van der Waals surface area contributed by atoms with Crippen molar-refractivity contribution in [3.05, 3.63) is 94.0 Å². The molecule has 0 aliphatic heterocycles. The van der Waals surface area contributed by atoms with Gasteiger partial charge in [-0.25, -0.2) is 0 Å². The molecule has 3 aromatic carbocycles. The molecule has 0 aromatic heterocycles. The van der Waals surface area contributed by atoms with Crippen LogP contribution >= 0.6 is 15.9 Å². The molecule has 0 spiro atoms. The molecule has 0 aliphatic carbocycles. The Kier molecular flexibility index (Phi) is 7.26. The van der Waals surface area contributed by atoms with Crippen LogP contribution in [0.5, 0.6) is 11.5 Å². The Labute approximate surface area is 174 Å². The minimum atomic E-state index is -0.245. The number of halogens is 1. The zero-order valence-electron chi connectivity index (χ0n) is 15.9. The topological polar surface area (TPSA) is 35.5 Å². The van der Waals surface area contributed by atoms with E-state index in [1.807, 2.05) is 79.7 Å². The van der Waals surface area contributed by atoms with Crippen molar-refractivity contribution >= 4 is 21.9 Å². The van der Waals surface area contributed by atoms with Crippen LogP contribution in [0, 0.1) is 0 Å². The fourth-order valence-electron chi connectivity index (χ4n) is 2.96. The number of benzene rings is 3. The largest absolute Gasteiger partial charge is 0.488 e. The van der Waals surface area contributed by atoms with Gasteiger partial charge < -0.3 is 9.47 Å². The highest BCUT2D eigenvalue weighted by Gasteiger charge is 2.15. The average Bonchev–Trinajstić information content (AvgIpc) is 2.72. The number of rotatable bonds is 8. The van der Waals surface area contributed by atoms with Gasteiger partial charge in [-0.05, 0) is 36.1 Å². The minimum absolute atomic E-state index is 0.245. The summed E-state index contributed by atoms with van der Waals surface area (Å²) >= 11 is 3.50. The molecule has 3 rings (SSSR count). The first-order valence-corrected chi connectivity index (χ1v) is 10.2. The van der Waals surface area contributed by atoms with Crippen molar-refractivity contribution in [1.29, 1.82) is 0 Å². The lowest BCUT2D eigenvalue weighted by Gasteiger charge is -2.15. The summed E-state index contributed by atoms with van der Waals surface area (Å²) in [5.74, 6) is 1.04. The first-order valence-electron chi connectivity index (χ1n) is 9.39. The summed E-state index contributed by atoms with van der Waals surface area (Å²) in [5, 5.41) is 0. The maximum absolute atomic E-state index is 12.4. The average molecular weight is 439 g/mol. The summed E-state index contributed by atoms with van der Waals surface area (Å²) in [6, 6.07) is 23.7. The minimum Gasteiger partial charge on any atom is -0.488 e. The van der Waals surface area contributed by atoms with Crippen LogP contribution in [-0.2, 0) is 24.2 Å². The molecular formula is C24H23BrO3. The second-order valence-electron chi connectivity index (χ2n) is 6.47. The van der Waals surface area contributed by atoms with Gasteiger partial charge in [0.05, 0.1) is 0 Å². The van der Waals surface area contributed by atoms with Gasteiger partial charge in [-0.2, -0.15) is 0 Å². The third kappa shape index (κ3) is 5.70. The van der Waals surface area contributed by atoms with E-state index in [9.17, 15) is 4.79 Å². The normalized spacial score (nSPS) is 10.5. The van der Waals surface area contributed by atoms with Gasteiger partial charge in [0.1, 0.15) is 18.1 Å². The van der Waals surface area contributed by atoms with Crippen molar-refractivity contribution in [3.63, 3.8) is 0 Å². The highest BCUT2D eigenvalue weighted by Crippen LogP contribution is 2.34. The van der Waals surface area contributed by atoms with Crippen molar-refractivity contribution in [2.24, 2.45) is 0 Å². The summed E-state index contributed by atoms with van der Waals surface area (Å²) < 4.78 is 12.5. The van der Waals surface area contributed by atoms with Gasteiger partial charge in [-0.3, -0.25) is 4.79 Å². The third-order valence-corrected chi connectivity index (χ3v) is 4.87. The van der Waals surface area contributed by atoms with Crippen molar-refractivity contribution in [2.45, 2.75) is 32.8 Å². The van der Waals surface area contributed by atoms with Crippen LogP contribution < -0.4 is 9.47 Å². The molecule has 0 saturated carbocycles. The molecule has 0 bridgehead atoms. The van der Waals surface area contributed by atoms with E-state index in [2.05, 4.69) is 15.9 Å². The predicted molar refractivity (Wildman–Crippen MR) is 115 cm³/mol. The molecule has 0 saturated heterocycles. The fraction of sp³-hybridized carbons (Fsp3) is 0.208. The van der Waals surface area contributed by atoms with Gasteiger partial charge in [0.25, 0.3) is 0 Å². The van der Waals surface area contributed by atoms with Crippen LogP contribution in [0.4, 0.5) is 0 Å². The molecule has 28 heavy (non-hydrogen) atoms. The van der Waals surface area contributed by atoms with Crippen LogP contribution in [0.2, 0.25) is 0 Å². The Balaban J connectivity index is 1.69. The molecule has 0 amide bonds. The van der Waals surface area contributed by atoms with Crippen LogP contribution in [0.25, 0.3) is 0 Å². The van der Waals surface area contributed by atoms with Gasteiger partial charge in [-0.1, -0.05) is 83.5 Å². The summed E-state index contributed by atoms with van der Waals surface area (Å²) in [5.41, 5.74) is 3.11. The van der Waals surface area contributed by atoms with Gasteiger partial charge in [0, 0.05) is 16.5 Å².